The number of rotatable bonds is 6. The largest absolute Gasteiger partial charge is 0.457 e. The molecule has 2 aromatic carbocycles. The van der Waals surface area contributed by atoms with Crippen molar-refractivity contribution in [3.05, 3.63) is 71.9 Å². The Morgan fingerprint density at radius 1 is 1.16 bits per heavy atom. The topological polar surface area (TPSA) is 86.8 Å². The van der Waals surface area contributed by atoms with Crippen LogP contribution in [0.5, 0.6) is 11.5 Å². The molecule has 8 nitrogen and oxygen atoms in total. The van der Waals surface area contributed by atoms with Crippen molar-refractivity contribution in [1.29, 1.82) is 0 Å². The molecule has 1 saturated heterocycles. The summed E-state index contributed by atoms with van der Waals surface area (Å²) in [5.74, 6) is 1.40. The molecule has 3 atom stereocenters. The first kappa shape index (κ1) is 23.8. The maximum absolute atomic E-state index is 13.5. The van der Waals surface area contributed by atoms with E-state index in [0.29, 0.717) is 5.75 Å². The summed E-state index contributed by atoms with van der Waals surface area (Å²) in [4.78, 5) is 35.4. The first-order valence-corrected chi connectivity index (χ1v) is 13.5. The molecule has 3 aliphatic rings. The van der Waals surface area contributed by atoms with Crippen LogP contribution in [-0.2, 0) is 4.79 Å². The van der Waals surface area contributed by atoms with E-state index in [2.05, 4.69) is 27.4 Å². The third-order valence-corrected chi connectivity index (χ3v) is 8.51. The van der Waals surface area contributed by atoms with E-state index in [1.54, 1.807) is 11.1 Å². The molecule has 3 amide bonds. The van der Waals surface area contributed by atoms with Gasteiger partial charge >= 0.3 is 6.03 Å². The highest BCUT2D eigenvalue weighted by Crippen LogP contribution is 2.51. The Hall–Kier alpha value is -3.56. The van der Waals surface area contributed by atoms with Crippen molar-refractivity contribution < 1.29 is 14.3 Å². The highest BCUT2D eigenvalue weighted by atomic mass is 32.2. The molecular weight excluding hydrogens is 486 g/mol. The van der Waals surface area contributed by atoms with Crippen LogP contribution < -0.4 is 20.3 Å². The van der Waals surface area contributed by atoms with Gasteiger partial charge in [-0.25, -0.2) is 9.78 Å². The predicted molar refractivity (Wildman–Crippen MR) is 144 cm³/mol. The van der Waals surface area contributed by atoms with Crippen LogP contribution in [0.25, 0.3) is 0 Å². The molecule has 3 aliphatic heterocycles. The molecule has 190 valence electrons. The van der Waals surface area contributed by atoms with Crippen molar-refractivity contribution in [3.8, 4) is 11.5 Å². The second-order valence-electron chi connectivity index (χ2n) is 9.60. The monoisotopic (exact) mass is 515 g/mol. The van der Waals surface area contributed by atoms with Crippen LogP contribution in [0.4, 0.5) is 16.2 Å². The summed E-state index contributed by atoms with van der Waals surface area (Å²) in [5.41, 5.74) is 3.32. The summed E-state index contributed by atoms with van der Waals surface area (Å²) in [5, 5.41) is 6.65. The van der Waals surface area contributed by atoms with Gasteiger partial charge in [-0.1, -0.05) is 36.9 Å². The molecule has 6 rings (SSSR count). The van der Waals surface area contributed by atoms with Crippen molar-refractivity contribution in [2.24, 2.45) is 0 Å². The van der Waals surface area contributed by atoms with Gasteiger partial charge in [0.05, 0.1) is 17.4 Å². The smallest absolute Gasteiger partial charge is 0.327 e. The number of likely N-dealkylation sites (tertiary alicyclic amines) is 1. The number of carbonyl (C=O) groups is 2. The lowest BCUT2D eigenvalue weighted by Crippen LogP contribution is -2.50. The summed E-state index contributed by atoms with van der Waals surface area (Å²) in [7, 11) is 0. The Kier molecular flexibility index (Phi) is 6.26. The number of nitrogens with one attached hydrogen (secondary N) is 2. The maximum atomic E-state index is 13.5. The van der Waals surface area contributed by atoms with Gasteiger partial charge in [-0.15, -0.1) is 0 Å². The Balaban J connectivity index is 1.25. The van der Waals surface area contributed by atoms with E-state index in [4.69, 9.17) is 4.74 Å². The van der Waals surface area contributed by atoms with E-state index in [1.165, 1.54) is 11.8 Å². The van der Waals surface area contributed by atoms with Crippen LogP contribution in [0, 0.1) is 6.92 Å². The number of benzene rings is 2. The molecule has 0 bridgehead atoms. The number of aryl methyl sites for hydroxylation is 1. The summed E-state index contributed by atoms with van der Waals surface area (Å²) < 4.78 is 5.97. The number of pyridine rings is 1. The van der Waals surface area contributed by atoms with Crippen molar-refractivity contribution >= 4 is 35.1 Å². The summed E-state index contributed by atoms with van der Waals surface area (Å²) in [6.07, 6.45) is 2.66. The van der Waals surface area contributed by atoms with Crippen LogP contribution >= 0.6 is 11.8 Å². The molecule has 2 N–H and O–H groups in total. The Morgan fingerprint density at radius 3 is 2.76 bits per heavy atom. The summed E-state index contributed by atoms with van der Waals surface area (Å²) >= 11 is 1.43. The number of para-hydroxylation sites is 1. The molecule has 9 heteroatoms. The third-order valence-electron chi connectivity index (χ3n) is 7.22. The zero-order valence-corrected chi connectivity index (χ0v) is 21.6. The number of hydrogen-bond acceptors (Lipinski definition) is 6. The number of amides is 3. The second-order valence-corrected chi connectivity index (χ2v) is 10.7. The van der Waals surface area contributed by atoms with Crippen molar-refractivity contribution in [3.63, 3.8) is 0 Å². The lowest BCUT2D eigenvalue weighted by atomic mass is 9.99. The van der Waals surface area contributed by atoms with Gasteiger partial charge < -0.3 is 20.3 Å². The van der Waals surface area contributed by atoms with Crippen LogP contribution in [-0.4, -0.2) is 52.7 Å². The van der Waals surface area contributed by atoms with Crippen LogP contribution in [0.1, 0.15) is 30.5 Å². The lowest BCUT2D eigenvalue weighted by Gasteiger charge is -2.35. The highest BCUT2D eigenvalue weighted by Gasteiger charge is 2.47. The number of ether oxygens (including phenoxy) is 1. The van der Waals surface area contributed by atoms with Gasteiger partial charge in [-0.2, -0.15) is 0 Å². The van der Waals surface area contributed by atoms with Gasteiger partial charge in [0.25, 0.3) is 0 Å². The van der Waals surface area contributed by atoms with E-state index >= 15 is 0 Å². The highest BCUT2D eigenvalue weighted by molar-refractivity contribution is 8.01. The number of aromatic nitrogens is 1. The fourth-order valence-corrected chi connectivity index (χ4v) is 6.59. The Labute approximate surface area is 220 Å². The molecule has 2 unspecified atom stereocenters. The molecule has 0 aliphatic carbocycles. The van der Waals surface area contributed by atoms with Gasteiger partial charge in [-0.3, -0.25) is 9.69 Å². The minimum Gasteiger partial charge on any atom is -0.457 e. The van der Waals surface area contributed by atoms with Crippen molar-refractivity contribution in [2.45, 2.75) is 42.6 Å². The molecule has 0 spiro atoms. The van der Waals surface area contributed by atoms with Gasteiger partial charge in [0.1, 0.15) is 21.8 Å². The van der Waals surface area contributed by atoms with E-state index in [9.17, 15) is 9.59 Å². The molecule has 4 heterocycles. The number of likely N-dealkylation sites (N-methyl/N-ethyl adjacent to an activating group) is 1. The number of carbonyl (C=O) groups excluding carboxylic acids is 2. The standard InChI is InChI=1S/C28H29N5O3S/c1-3-32-14-12-18(16-32)30-26(34)25-24-23-22(11-13-29-27(23)37-25)33(28(35)31-24)21-10-9-20(15-17(21)2)36-19-7-5-4-6-8-19/h4-11,13,15,18,24-25H,3,12,14,16H2,1-2H3,(H,30,34)(H,31,35)/t18?,24?,25-/m1/s1. The number of hydrogen-bond donors (Lipinski definition) is 2. The van der Waals surface area contributed by atoms with Gasteiger partial charge in [-0.05, 0) is 61.9 Å². The molecule has 37 heavy (non-hydrogen) atoms. The van der Waals surface area contributed by atoms with Gasteiger partial charge in [0.15, 0.2) is 0 Å². The fraction of sp³-hybridized carbons (Fsp3) is 0.321. The van der Waals surface area contributed by atoms with Crippen LogP contribution in [0.3, 0.4) is 0 Å². The zero-order valence-electron chi connectivity index (χ0n) is 20.8. The van der Waals surface area contributed by atoms with E-state index in [1.807, 2.05) is 61.5 Å². The molecule has 0 saturated carbocycles. The SMILES string of the molecule is CCN1CCC(NC(=O)[C@@H]2Sc3nccc4c3C2NC(=O)N4c2ccc(Oc3ccccc3)cc2C)C1. The van der Waals surface area contributed by atoms with Crippen LogP contribution in [0.2, 0.25) is 0 Å². The van der Waals surface area contributed by atoms with E-state index in [0.717, 1.165) is 59.3 Å². The van der Waals surface area contributed by atoms with Gasteiger partial charge in [0, 0.05) is 30.9 Å². The average molecular weight is 516 g/mol. The number of anilines is 2. The van der Waals surface area contributed by atoms with Crippen molar-refractivity contribution in [1.82, 2.24) is 20.5 Å². The Bertz CT molecular complexity index is 1350. The molecule has 1 fully saturated rings. The predicted octanol–water partition coefficient (Wildman–Crippen LogP) is 4.77. The van der Waals surface area contributed by atoms with E-state index < -0.39 is 11.3 Å². The first-order chi connectivity index (χ1) is 18.0. The molecule has 0 radical (unpaired) electrons. The Morgan fingerprint density at radius 2 is 2.00 bits per heavy atom. The number of urea groups is 1. The number of thioether (sulfide) groups is 1. The average Bonchev–Trinajstić information content (AvgIpc) is 3.51. The minimum absolute atomic E-state index is 0.0470. The quantitative estimate of drug-likeness (QED) is 0.492. The molecular formula is C28H29N5O3S. The minimum atomic E-state index is -0.451. The fourth-order valence-electron chi connectivity index (χ4n) is 5.35. The second kappa shape index (κ2) is 9.72. The zero-order chi connectivity index (χ0) is 25.5. The van der Waals surface area contributed by atoms with Gasteiger partial charge in [0.2, 0.25) is 5.91 Å². The molecule has 1 aromatic heterocycles. The lowest BCUT2D eigenvalue weighted by molar-refractivity contribution is -0.121. The normalized spacial score (nSPS) is 22.5. The third kappa shape index (κ3) is 4.42. The number of nitrogens with zero attached hydrogens (tertiary/aromatic N) is 3. The van der Waals surface area contributed by atoms with Crippen LogP contribution in [0.15, 0.2) is 65.8 Å². The maximum Gasteiger partial charge on any atom is 0.327 e. The van der Waals surface area contributed by atoms with Crippen molar-refractivity contribution in [2.75, 3.05) is 24.5 Å². The van der Waals surface area contributed by atoms with E-state index in [-0.39, 0.29) is 18.0 Å². The molecule has 3 aromatic rings. The summed E-state index contributed by atoms with van der Waals surface area (Å²) in [6.45, 7) is 6.94. The summed E-state index contributed by atoms with van der Waals surface area (Å²) in [6, 6.07) is 16.6. The first-order valence-electron chi connectivity index (χ1n) is 12.6.